The molecular formula is C19H19FN4O2. The summed E-state index contributed by atoms with van der Waals surface area (Å²) in [4.78, 5) is 29.9. The van der Waals surface area contributed by atoms with E-state index in [0.717, 1.165) is 5.56 Å². The summed E-state index contributed by atoms with van der Waals surface area (Å²) in [5.41, 5.74) is 1.66. The number of halogens is 1. The number of amides is 2. The van der Waals surface area contributed by atoms with Gasteiger partial charge in [0.15, 0.2) is 5.96 Å². The molecule has 3 rings (SSSR count). The lowest BCUT2D eigenvalue weighted by molar-refractivity contribution is 0.0657. The molecule has 0 bridgehead atoms. The van der Waals surface area contributed by atoms with E-state index >= 15 is 0 Å². The first-order chi connectivity index (χ1) is 12.6. The van der Waals surface area contributed by atoms with Gasteiger partial charge in [-0.25, -0.2) is 4.39 Å². The van der Waals surface area contributed by atoms with Crippen molar-refractivity contribution in [1.29, 1.82) is 0 Å². The van der Waals surface area contributed by atoms with Crippen LogP contribution in [0.5, 0.6) is 0 Å². The molecule has 0 fully saturated rings. The summed E-state index contributed by atoms with van der Waals surface area (Å²) in [5.74, 6) is -0.353. The molecule has 1 heterocycles. The fraction of sp³-hybridized carbons (Fsp3) is 0.211. The second-order valence-electron chi connectivity index (χ2n) is 5.79. The van der Waals surface area contributed by atoms with Gasteiger partial charge in [-0.3, -0.25) is 19.5 Å². The summed E-state index contributed by atoms with van der Waals surface area (Å²) in [6.45, 7) is 0.992. The Morgan fingerprint density at radius 1 is 1.04 bits per heavy atom. The standard InChI is InChI=1S/C19H19FN4O2/c1-21-19(23-12-13-5-4-6-14(20)11-13)22-9-10-24-17(25)15-7-2-3-8-16(15)18(24)26/h2-8,11H,9-10,12H2,1H3,(H2,21,22,23). The molecule has 0 saturated heterocycles. The van der Waals surface area contributed by atoms with Crippen LogP contribution in [0.4, 0.5) is 4.39 Å². The molecule has 2 aromatic rings. The Morgan fingerprint density at radius 2 is 1.73 bits per heavy atom. The van der Waals surface area contributed by atoms with Crippen LogP contribution in [0.25, 0.3) is 0 Å². The highest BCUT2D eigenvalue weighted by Crippen LogP contribution is 2.21. The Bertz CT molecular complexity index is 831. The summed E-state index contributed by atoms with van der Waals surface area (Å²) in [6.07, 6.45) is 0. The molecule has 7 heteroatoms. The minimum atomic E-state index is -0.294. The summed E-state index contributed by atoms with van der Waals surface area (Å²) < 4.78 is 13.2. The Labute approximate surface area is 150 Å². The van der Waals surface area contributed by atoms with E-state index in [0.29, 0.717) is 30.2 Å². The zero-order chi connectivity index (χ0) is 18.5. The third kappa shape index (κ3) is 3.72. The SMILES string of the molecule is CN=C(NCCN1C(=O)c2ccccc2C1=O)NCc1cccc(F)c1. The van der Waals surface area contributed by atoms with Gasteiger partial charge in [-0.15, -0.1) is 0 Å². The third-order valence-corrected chi connectivity index (χ3v) is 4.08. The van der Waals surface area contributed by atoms with E-state index in [-0.39, 0.29) is 24.2 Å². The highest BCUT2D eigenvalue weighted by Gasteiger charge is 2.34. The number of guanidine groups is 1. The average molecular weight is 354 g/mol. The number of imide groups is 1. The number of fused-ring (bicyclic) bond motifs is 1. The molecule has 0 atom stereocenters. The van der Waals surface area contributed by atoms with Gasteiger partial charge in [-0.2, -0.15) is 0 Å². The lowest BCUT2D eigenvalue weighted by Gasteiger charge is -2.16. The van der Waals surface area contributed by atoms with Gasteiger partial charge in [0.1, 0.15) is 5.82 Å². The van der Waals surface area contributed by atoms with Crippen LogP contribution in [-0.4, -0.2) is 42.8 Å². The number of rotatable bonds is 5. The van der Waals surface area contributed by atoms with Crippen molar-refractivity contribution < 1.29 is 14.0 Å². The second kappa shape index (κ2) is 7.77. The van der Waals surface area contributed by atoms with Crippen LogP contribution in [0, 0.1) is 5.82 Å². The second-order valence-corrected chi connectivity index (χ2v) is 5.79. The van der Waals surface area contributed by atoms with Gasteiger partial charge in [0, 0.05) is 26.7 Å². The first kappa shape index (κ1) is 17.6. The number of carbonyl (C=O) groups is 2. The van der Waals surface area contributed by atoms with Gasteiger partial charge >= 0.3 is 0 Å². The third-order valence-electron chi connectivity index (χ3n) is 4.08. The first-order valence-corrected chi connectivity index (χ1v) is 8.24. The molecule has 0 aromatic heterocycles. The number of nitrogens with one attached hydrogen (secondary N) is 2. The topological polar surface area (TPSA) is 73.8 Å². The van der Waals surface area contributed by atoms with E-state index < -0.39 is 0 Å². The Balaban J connectivity index is 1.51. The fourth-order valence-corrected chi connectivity index (χ4v) is 2.78. The molecule has 2 N–H and O–H groups in total. The smallest absolute Gasteiger partial charge is 0.261 e. The Morgan fingerprint density at radius 3 is 2.35 bits per heavy atom. The fourth-order valence-electron chi connectivity index (χ4n) is 2.78. The minimum Gasteiger partial charge on any atom is -0.355 e. The van der Waals surface area contributed by atoms with Gasteiger partial charge < -0.3 is 10.6 Å². The van der Waals surface area contributed by atoms with Crippen molar-refractivity contribution in [2.24, 2.45) is 4.99 Å². The van der Waals surface area contributed by atoms with E-state index in [1.807, 2.05) is 6.07 Å². The molecule has 2 amide bonds. The lowest BCUT2D eigenvalue weighted by atomic mass is 10.1. The lowest BCUT2D eigenvalue weighted by Crippen LogP contribution is -2.42. The van der Waals surface area contributed by atoms with Crippen LogP contribution in [0.1, 0.15) is 26.3 Å². The van der Waals surface area contributed by atoms with Gasteiger partial charge in [-0.05, 0) is 29.8 Å². The van der Waals surface area contributed by atoms with E-state index in [2.05, 4.69) is 15.6 Å². The average Bonchev–Trinajstić information content (AvgIpc) is 2.89. The molecule has 26 heavy (non-hydrogen) atoms. The maximum atomic E-state index is 13.2. The molecule has 0 spiro atoms. The van der Waals surface area contributed by atoms with Crippen molar-refractivity contribution in [3.05, 3.63) is 71.0 Å². The van der Waals surface area contributed by atoms with E-state index in [4.69, 9.17) is 0 Å². The number of nitrogens with zero attached hydrogens (tertiary/aromatic N) is 2. The molecule has 6 nitrogen and oxygen atoms in total. The highest BCUT2D eigenvalue weighted by atomic mass is 19.1. The molecule has 1 aliphatic rings. The summed E-state index contributed by atoms with van der Waals surface area (Å²) in [6, 6.07) is 13.1. The minimum absolute atomic E-state index is 0.229. The van der Waals surface area contributed by atoms with Crippen molar-refractivity contribution in [1.82, 2.24) is 15.5 Å². The molecule has 0 aliphatic carbocycles. The predicted octanol–water partition coefficient (Wildman–Crippen LogP) is 1.79. The maximum absolute atomic E-state index is 13.2. The number of benzene rings is 2. The number of aliphatic imine (C=N–C) groups is 1. The number of hydrogen-bond acceptors (Lipinski definition) is 3. The highest BCUT2D eigenvalue weighted by molar-refractivity contribution is 6.21. The number of carbonyl (C=O) groups excluding carboxylic acids is 2. The molecule has 0 unspecified atom stereocenters. The molecule has 1 aliphatic heterocycles. The molecule has 0 saturated carbocycles. The van der Waals surface area contributed by atoms with Crippen LogP contribution in [0.3, 0.4) is 0 Å². The summed E-state index contributed by atoms with van der Waals surface area (Å²) in [7, 11) is 1.61. The zero-order valence-corrected chi connectivity index (χ0v) is 14.3. The van der Waals surface area contributed by atoms with Crippen LogP contribution >= 0.6 is 0 Å². The van der Waals surface area contributed by atoms with Crippen molar-refractivity contribution in [3.8, 4) is 0 Å². The van der Waals surface area contributed by atoms with E-state index in [1.165, 1.54) is 17.0 Å². The van der Waals surface area contributed by atoms with Crippen molar-refractivity contribution >= 4 is 17.8 Å². The first-order valence-electron chi connectivity index (χ1n) is 8.24. The van der Waals surface area contributed by atoms with Crippen LogP contribution in [0.15, 0.2) is 53.5 Å². The zero-order valence-electron chi connectivity index (χ0n) is 14.3. The van der Waals surface area contributed by atoms with Crippen molar-refractivity contribution in [3.63, 3.8) is 0 Å². The van der Waals surface area contributed by atoms with Crippen LogP contribution in [0.2, 0.25) is 0 Å². The molecule has 2 aromatic carbocycles. The maximum Gasteiger partial charge on any atom is 0.261 e. The molecule has 134 valence electrons. The van der Waals surface area contributed by atoms with Crippen LogP contribution in [-0.2, 0) is 6.54 Å². The predicted molar refractivity (Wildman–Crippen MR) is 96.4 cm³/mol. The van der Waals surface area contributed by atoms with E-state index in [9.17, 15) is 14.0 Å². The van der Waals surface area contributed by atoms with Crippen molar-refractivity contribution in [2.45, 2.75) is 6.54 Å². The quantitative estimate of drug-likeness (QED) is 0.488. The normalized spacial score (nSPS) is 13.8. The van der Waals surface area contributed by atoms with Gasteiger partial charge in [-0.1, -0.05) is 24.3 Å². The monoisotopic (exact) mass is 354 g/mol. The van der Waals surface area contributed by atoms with Crippen LogP contribution < -0.4 is 10.6 Å². The molecule has 0 radical (unpaired) electrons. The Kier molecular flexibility index (Phi) is 5.26. The number of hydrogen-bond donors (Lipinski definition) is 2. The van der Waals surface area contributed by atoms with Gasteiger partial charge in [0.05, 0.1) is 11.1 Å². The Hall–Kier alpha value is -3.22. The molecular weight excluding hydrogens is 335 g/mol. The van der Waals surface area contributed by atoms with Crippen molar-refractivity contribution in [2.75, 3.05) is 20.1 Å². The summed E-state index contributed by atoms with van der Waals surface area (Å²) >= 11 is 0. The largest absolute Gasteiger partial charge is 0.355 e. The summed E-state index contributed by atoms with van der Waals surface area (Å²) in [5, 5.41) is 6.11. The van der Waals surface area contributed by atoms with Gasteiger partial charge in [0.25, 0.3) is 11.8 Å². The van der Waals surface area contributed by atoms with E-state index in [1.54, 1.807) is 37.4 Å². The van der Waals surface area contributed by atoms with Gasteiger partial charge in [0.2, 0.25) is 0 Å².